The molecule has 1 saturated heterocycles. The fraction of sp³-hybridized carbons (Fsp3) is 0.368. The number of likely N-dealkylation sites (tertiary alicyclic amines) is 1. The number of benzene rings is 1. The highest BCUT2D eigenvalue weighted by molar-refractivity contribution is 6.06. The summed E-state index contributed by atoms with van der Waals surface area (Å²) < 4.78 is 3.99. The molecule has 1 fully saturated rings. The molecule has 0 aliphatic carbocycles. The van der Waals surface area contributed by atoms with Crippen LogP contribution >= 0.6 is 0 Å². The highest BCUT2D eigenvalue weighted by atomic mass is 16.2. The molecule has 5 nitrogen and oxygen atoms in total. The van der Waals surface area contributed by atoms with Gasteiger partial charge >= 0.3 is 0 Å². The van der Waals surface area contributed by atoms with Crippen molar-refractivity contribution in [2.75, 3.05) is 6.54 Å². The largest absolute Gasteiger partial charge is 0.351 e. The summed E-state index contributed by atoms with van der Waals surface area (Å²) in [7, 11) is 2.01. The molecule has 24 heavy (non-hydrogen) atoms. The maximum Gasteiger partial charge on any atom is 0.254 e. The lowest BCUT2D eigenvalue weighted by atomic mass is 9.99. The van der Waals surface area contributed by atoms with Crippen LogP contribution in [0.15, 0.2) is 48.9 Å². The fourth-order valence-electron chi connectivity index (χ4n) is 3.73. The predicted octanol–water partition coefficient (Wildman–Crippen LogP) is 3.07. The molecule has 0 radical (unpaired) electrons. The Bertz CT molecular complexity index is 850. The molecule has 3 heterocycles. The second-order valence-corrected chi connectivity index (χ2v) is 6.54. The van der Waals surface area contributed by atoms with E-state index in [-0.39, 0.29) is 11.9 Å². The molecule has 1 amide bonds. The van der Waals surface area contributed by atoms with Crippen molar-refractivity contribution in [2.45, 2.75) is 31.8 Å². The van der Waals surface area contributed by atoms with Crippen molar-refractivity contribution in [2.24, 2.45) is 7.05 Å². The molecule has 1 aromatic carbocycles. The van der Waals surface area contributed by atoms with Gasteiger partial charge in [-0.05, 0) is 43.5 Å². The van der Waals surface area contributed by atoms with Crippen LogP contribution in [0.2, 0.25) is 0 Å². The van der Waals surface area contributed by atoms with Crippen molar-refractivity contribution in [3.8, 4) is 0 Å². The summed E-state index contributed by atoms with van der Waals surface area (Å²) in [6.07, 6.45) is 9.06. The SMILES string of the molecule is Cn1ccc2c(C(=O)N3CCCCC3Cn3cccn3)cccc21. The van der Waals surface area contributed by atoms with Gasteiger partial charge in [-0.1, -0.05) is 6.07 Å². The summed E-state index contributed by atoms with van der Waals surface area (Å²) >= 11 is 0. The molecule has 1 aliphatic rings. The molecule has 5 heteroatoms. The third-order valence-corrected chi connectivity index (χ3v) is 5.00. The zero-order chi connectivity index (χ0) is 16.5. The summed E-state index contributed by atoms with van der Waals surface area (Å²) in [5.74, 6) is 0.142. The average Bonchev–Trinajstić information content (AvgIpc) is 3.25. The number of aryl methyl sites for hydroxylation is 1. The third-order valence-electron chi connectivity index (χ3n) is 5.00. The zero-order valence-corrected chi connectivity index (χ0v) is 13.9. The van der Waals surface area contributed by atoms with Gasteiger partial charge in [0.15, 0.2) is 0 Å². The summed E-state index contributed by atoms with van der Waals surface area (Å²) in [5.41, 5.74) is 1.90. The van der Waals surface area contributed by atoms with E-state index in [0.29, 0.717) is 0 Å². The van der Waals surface area contributed by atoms with Crippen molar-refractivity contribution in [3.63, 3.8) is 0 Å². The van der Waals surface area contributed by atoms with E-state index in [0.717, 1.165) is 42.4 Å². The van der Waals surface area contributed by atoms with Crippen LogP contribution in [0.3, 0.4) is 0 Å². The van der Waals surface area contributed by atoms with Crippen molar-refractivity contribution in [1.82, 2.24) is 19.2 Å². The molecule has 4 rings (SSSR count). The first-order valence-corrected chi connectivity index (χ1v) is 8.56. The number of amides is 1. The van der Waals surface area contributed by atoms with Gasteiger partial charge in [0.1, 0.15) is 0 Å². The van der Waals surface area contributed by atoms with E-state index in [1.54, 1.807) is 6.20 Å². The molecule has 1 atom stereocenters. The van der Waals surface area contributed by atoms with Crippen LogP contribution in [0.25, 0.3) is 10.9 Å². The monoisotopic (exact) mass is 322 g/mol. The normalized spacial score (nSPS) is 18.2. The van der Waals surface area contributed by atoms with Gasteiger partial charge in [-0.3, -0.25) is 9.48 Å². The molecule has 0 spiro atoms. The van der Waals surface area contributed by atoms with E-state index in [4.69, 9.17) is 0 Å². The van der Waals surface area contributed by atoms with Crippen molar-refractivity contribution in [3.05, 3.63) is 54.5 Å². The fourth-order valence-corrected chi connectivity index (χ4v) is 3.73. The molecule has 124 valence electrons. The van der Waals surface area contributed by atoms with Gasteiger partial charge in [0.25, 0.3) is 5.91 Å². The smallest absolute Gasteiger partial charge is 0.254 e. The number of aromatic nitrogens is 3. The highest BCUT2D eigenvalue weighted by Gasteiger charge is 2.28. The summed E-state index contributed by atoms with van der Waals surface area (Å²) in [4.78, 5) is 15.3. The number of carbonyl (C=O) groups excluding carboxylic acids is 1. The Labute approximate surface area is 141 Å². The first kappa shape index (κ1) is 15.0. The number of nitrogens with zero attached hydrogens (tertiary/aromatic N) is 4. The first-order valence-electron chi connectivity index (χ1n) is 8.56. The number of rotatable bonds is 3. The molecule has 1 unspecified atom stereocenters. The molecule has 0 N–H and O–H groups in total. The van der Waals surface area contributed by atoms with E-state index >= 15 is 0 Å². The van der Waals surface area contributed by atoms with Gasteiger partial charge in [0.2, 0.25) is 0 Å². The van der Waals surface area contributed by atoms with Crippen molar-refractivity contribution < 1.29 is 4.79 Å². The van der Waals surface area contributed by atoms with Crippen LogP contribution < -0.4 is 0 Å². The van der Waals surface area contributed by atoms with Crippen LogP contribution in [-0.4, -0.2) is 37.7 Å². The second-order valence-electron chi connectivity index (χ2n) is 6.54. The Morgan fingerprint density at radius 1 is 1.21 bits per heavy atom. The van der Waals surface area contributed by atoms with Crippen molar-refractivity contribution in [1.29, 1.82) is 0 Å². The lowest BCUT2D eigenvalue weighted by molar-refractivity contribution is 0.0586. The van der Waals surface area contributed by atoms with E-state index in [1.165, 1.54) is 6.42 Å². The highest BCUT2D eigenvalue weighted by Crippen LogP contribution is 2.25. The Morgan fingerprint density at radius 2 is 2.12 bits per heavy atom. The minimum Gasteiger partial charge on any atom is -0.351 e. The molecule has 1 aliphatic heterocycles. The molecular weight excluding hydrogens is 300 g/mol. The number of hydrogen-bond donors (Lipinski definition) is 0. The van der Waals surface area contributed by atoms with Crippen LogP contribution in [0, 0.1) is 0 Å². The van der Waals surface area contributed by atoms with E-state index in [9.17, 15) is 4.79 Å². The van der Waals surface area contributed by atoms with Gasteiger partial charge in [0, 0.05) is 48.6 Å². The zero-order valence-electron chi connectivity index (χ0n) is 13.9. The van der Waals surface area contributed by atoms with E-state index < -0.39 is 0 Å². The van der Waals surface area contributed by atoms with E-state index in [1.807, 2.05) is 53.3 Å². The summed E-state index contributed by atoms with van der Waals surface area (Å²) in [6, 6.07) is 10.2. The minimum absolute atomic E-state index is 0.142. The molecule has 0 saturated carbocycles. The Morgan fingerprint density at radius 3 is 2.96 bits per heavy atom. The molecule has 2 aromatic heterocycles. The van der Waals surface area contributed by atoms with Crippen LogP contribution in [-0.2, 0) is 13.6 Å². The second kappa shape index (κ2) is 6.15. The maximum atomic E-state index is 13.2. The van der Waals surface area contributed by atoms with Gasteiger partial charge in [-0.15, -0.1) is 0 Å². The molecular formula is C19H22N4O. The van der Waals surface area contributed by atoms with Gasteiger partial charge in [0.05, 0.1) is 12.6 Å². The number of piperidine rings is 1. The maximum absolute atomic E-state index is 13.2. The Balaban J connectivity index is 1.65. The van der Waals surface area contributed by atoms with Gasteiger partial charge < -0.3 is 9.47 Å². The molecule has 3 aromatic rings. The summed E-state index contributed by atoms with van der Waals surface area (Å²) in [6.45, 7) is 1.59. The predicted molar refractivity (Wildman–Crippen MR) is 93.8 cm³/mol. The van der Waals surface area contributed by atoms with Crippen LogP contribution in [0.4, 0.5) is 0 Å². The summed E-state index contributed by atoms with van der Waals surface area (Å²) in [5, 5.41) is 5.34. The first-order chi connectivity index (χ1) is 11.7. The number of carbonyl (C=O) groups is 1. The number of hydrogen-bond acceptors (Lipinski definition) is 2. The third kappa shape index (κ3) is 2.60. The Hall–Kier alpha value is -2.56. The van der Waals surface area contributed by atoms with Crippen LogP contribution in [0.5, 0.6) is 0 Å². The van der Waals surface area contributed by atoms with E-state index in [2.05, 4.69) is 15.7 Å². The van der Waals surface area contributed by atoms with Crippen molar-refractivity contribution >= 4 is 16.8 Å². The standard InChI is InChI=1S/C19H22N4O/c1-21-13-9-16-17(7-4-8-18(16)21)19(24)23-12-3-2-6-15(23)14-22-11-5-10-20-22/h4-5,7-11,13,15H,2-3,6,12,14H2,1H3. The minimum atomic E-state index is 0.142. The average molecular weight is 322 g/mol. The Kier molecular flexibility index (Phi) is 3.84. The molecule has 0 bridgehead atoms. The van der Waals surface area contributed by atoms with Crippen LogP contribution in [0.1, 0.15) is 29.6 Å². The van der Waals surface area contributed by atoms with Gasteiger partial charge in [-0.25, -0.2) is 0 Å². The quantitative estimate of drug-likeness (QED) is 0.744. The number of fused-ring (bicyclic) bond motifs is 1. The lowest BCUT2D eigenvalue weighted by Crippen LogP contribution is -2.46. The topological polar surface area (TPSA) is 43.1 Å². The lowest BCUT2D eigenvalue weighted by Gasteiger charge is -2.36. The van der Waals surface area contributed by atoms with Gasteiger partial charge in [-0.2, -0.15) is 5.10 Å².